The van der Waals surface area contributed by atoms with E-state index in [0.717, 1.165) is 17.7 Å². The highest BCUT2D eigenvalue weighted by Gasteiger charge is 2.04. The van der Waals surface area contributed by atoms with Gasteiger partial charge in [-0.2, -0.15) is 0 Å². The van der Waals surface area contributed by atoms with Crippen LogP contribution in [0, 0.1) is 0 Å². The van der Waals surface area contributed by atoms with E-state index in [9.17, 15) is 4.79 Å². The molecular weight excluding hydrogens is 376 g/mol. The lowest BCUT2D eigenvalue weighted by molar-refractivity contribution is 0.104. The van der Waals surface area contributed by atoms with Crippen LogP contribution >= 0.6 is 11.8 Å². The molecule has 0 N–H and O–H groups in total. The maximum Gasteiger partial charge on any atom is 0.185 e. The summed E-state index contributed by atoms with van der Waals surface area (Å²) in [6.07, 6.45) is 15.8. The molecule has 0 aliphatic rings. The second-order valence-electron chi connectivity index (χ2n) is 7.32. The molecule has 0 saturated carbocycles. The molecule has 2 aromatic carbocycles. The quantitative estimate of drug-likeness (QED) is 0.137. The number of thioether (sulfide) groups is 1. The van der Waals surface area contributed by atoms with Gasteiger partial charge in [-0.3, -0.25) is 4.79 Å². The van der Waals surface area contributed by atoms with Crippen molar-refractivity contribution >= 4 is 23.6 Å². The molecule has 2 aromatic rings. The maximum absolute atomic E-state index is 12.5. The molecule has 0 saturated heterocycles. The van der Waals surface area contributed by atoms with Gasteiger partial charge in [0.2, 0.25) is 0 Å². The lowest BCUT2D eigenvalue weighted by Gasteiger charge is -2.07. The molecule has 0 bridgehead atoms. The lowest BCUT2D eigenvalue weighted by atomic mass is 10.1. The summed E-state index contributed by atoms with van der Waals surface area (Å²) in [5.41, 5.74) is 1.69. The van der Waals surface area contributed by atoms with Crippen LogP contribution in [0.3, 0.4) is 0 Å². The number of benzene rings is 2. The third-order valence-corrected chi connectivity index (χ3v) is 5.67. The van der Waals surface area contributed by atoms with Crippen molar-refractivity contribution < 1.29 is 9.53 Å². The first-order valence-electron chi connectivity index (χ1n) is 10.8. The van der Waals surface area contributed by atoms with Gasteiger partial charge >= 0.3 is 0 Å². The Morgan fingerprint density at radius 1 is 0.931 bits per heavy atom. The minimum Gasteiger partial charge on any atom is -0.494 e. The predicted octanol–water partition coefficient (Wildman–Crippen LogP) is 7.82. The van der Waals surface area contributed by atoms with E-state index >= 15 is 0 Å². The molecule has 0 aliphatic carbocycles. The Kier molecular flexibility index (Phi) is 11.3. The van der Waals surface area contributed by atoms with Crippen molar-refractivity contribution in [1.29, 1.82) is 0 Å². The Balaban J connectivity index is 1.73. The van der Waals surface area contributed by atoms with Crippen LogP contribution in [0.5, 0.6) is 5.75 Å². The van der Waals surface area contributed by atoms with Crippen molar-refractivity contribution in [2.75, 3.05) is 12.9 Å². The van der Waals surface area contributed by atoms with E-state index in [1.165, 1.54) is 49.8 Å². The monoisotopic (exact) mass is 410 g/mol. The van der Waals surface area contributed by atoms with Crippen LogP contribution in [-0.4, -0.2) is 18.6 Å². The number of carbonyl (C=O) groups is 1. The number of hydrogen-bond acceptors (Lipinski definition) is 3. The Morgan fingerprint density at radius 2 is 1.62 bits per heavy atom. The number of ether oxygens (including phenoxy) is 1. The van der Waals surface area contributed by atoms with E-state index in [0.29, 0.717) is 12.2 Å². The molecule has 3 heteroatoms. The van der Waals surface area contributed by atoms with Gasteiger partial charge < -0.3 is 4.74 Å². The van der Waals surface area contributed by atoms with Crippen LogP contribution < -0.4 is 4.74 Å². The summed E-state index contributed by atoms with van der Waals surface area (Å²) in [7, 11) is 0. The fourth-order valence-electron chi connectivity index (χ4n) is 3.15. The fourth-order valence-corrected chi connectivity index (χ4v) is 3.56. The molecule has 0 aromatic heterocycles. The topological polar surface area (TPSA) is 26.3 Å². The molecule has 0 fully saturated rings. The van der Waals surface area contributed by atoms with E-state index in [-0.39, 0.29) is 5.78 Å². The van der Waals surface area contributed by atoms with Crippen molar-refractivity contribution in [3.8, 4) is 5.75 Å². The van der Waals surface area contributed by atoms with Gasteiger partial charge in [0.1, 0.15) is 5.75 Å². The number of allylic oxidation sites excluding steroid dienone is 1. The third kappa shape index (κ3) is 9.36. The average molecular weight is 411 g/mol. The van der Waals surface area contributed by atoms with Crippen molar-refractivity contribution in [3.05, 3.63) is 65.7 Å². The van der Waals surface area contributed by atoms with E-state index in [1.54, 1.807) is 17.8 Å². The molecule has 156 valence electrons. The summed E-state index contributed by atoms with van der Waals surface area (Å²) >= 11 is 1.71. The largest absolute Gasteiger partial charge is 0.494 e. The molecule has 0 heterocycles. The van der Waals surface area contributed by atoms with Crippen LogP contribution in [-0.2, 0) is 0 Å². The second kappa shape index (κ2) is 14.1. The van der Waals surface area contributed by atoms with Gasteiger partial charge in [0, 0.05) is 10.5 Å². The van der Waals surface area contributed by atoms with Crippen LogP contribution in [0.2, 0.25) is 0 Å². The Morgan fingerprint density at radius 3 is 2.31 bits per heavy atom. The molecule has 0 atom stereocenters. The van der Waals surface area contributed by atoms with Crippen LogP contribution in [0.4, 0.5) is 0 Å². The number of ketones is 1. The lowest BCUT2D eigenvalue weighted by Crippen LogP contribution is -1.99. The molecule has 0 aliphatic heterocycles. The normalized spacial score (nSPS) is 11.1. The minimum atomic E-state index is -0.00327. The average Bonchev–Trinajstić information content (AvgIpc) is 2.77. The minimum absolute atomic E-state index is 0.00327. The summed E-state index contributed by atoms with van der Waals surface area (Å²) in [5.74, 6) is 0.771. The van der Waals surface area contributed by atoms with Crippen molar-refractivity contribution in [3.63, 3.8) is 0 Å². The van der Waals surface area contributed by atoms with Gasteiger partial charge in [0.05, 0.1) is 6.61 Å². The number of rotatable bonds is 14. The summed E-state index contributed by atoms with van der Waals surface area (Å²) in [4.78, 5) is 13.7. The molecule has 0 spiro atoms. The first-order chi connectivity index (χ1) is 14.2. The SMILES string of the molecule is CCCCCCCCCCOc1cccc(C(=O)/C=C/c2ccc(SC)cc2)c1. The Hall–Kier alpha value is -2.00. The number of unbranched alkanes of at least 4 members (excludes halogenated alkanes) is 7. The van der Waals surface area contributed by atoms with Gasteiger partial charge in [-0.15, -0.1) is 11.8 Å². The van der Waals surface area contributed by atoms with Gasteiger partial charge in [-0.25, -0.2) is 0 Å². The third-order valence-electron chi connectivity index (χ3n) is 4.93. The first kappa shape index (κ1) is 23.3. The fraction of sp³-hybridized carbons (Fsp3) is 0.423. The molecule has 29 heavy (non-hydrogen) atoms. The smallest absolute Gasteiger partial charge is 0.185 e. The standard InChI is InChI=1S/C26H34O2S/c1-3-4-5-6-7-8-9-10-20-28-24-13-11-12-23(21-24)26(27)19-16-22-14-17-25(29-2)18-15-22/h11-19,21H,3-10,20H2,1-2H3/b19-16+. The highest BCUT2D eigenvalue weighted by Crippen LogP contribution is 2.18. The van der Waals surface area contributed by atoms with Gasteiger partial charge in [-0.1, -0.05) is 82.2 Å². The Bertz CT molecular complexity index is 750. The zero-order chi connectivity index (χ0) is 20.7. The van der Waals surface area contributed by atoms with E-state index in [4.69, 9.17) is 4.74 Å². The summed E-state index contributed by atoms with van der Waals surface area (Å²) < 4.78 is 5.85. The first-order valence-corrected chi connectivity index (χ1v) is 12.0. The summed E-state index contributed by atoms with van der Waals surface area (Å²) in [5, 5.41) is 0. The van der Waals surface area contributed by atoms with Crippen LogP contribution in [0.1, 0.15) is 74.2 Å². The van der Waals surface area contributed by atoms with Crippen LogP contribution in [0.25, 0.3) is 6.08 Å². The highest BCUT2D eigenvalue weighted by atomic mass is 32.2. The number of carbonyl (C=O) groups excluding carboxylic acids is 1. The molecular formula is C26H34O2S. The molecule has 2 nitrogen and oxygen atoms in total. The summed E-state index contributed by atoms with van der Waals surface area (Å²) in [6.45, 7) is 2.96. The highest BCUT2D eigenvalue weighted by molar-refractivity contribution is 7.98. The molecule has 2 rings (SSSR count). The van der Waals surface area contributed by atoms with E-state index in [1.807, 2.05) is 42.5 Å². The van der Waals surface area contributed by atoms with E-state index < -0.39 is 0 Å². The van der Waals surface area contributed by atoms with Crippen LogP contribution in [0.15, 0.2) is 59.5 Å². The van der Waals surface area contributed by atoms with E-state index in [2.05, 4.69) is 25.3 Å². The van der Waals surface area contributed by atoms with Crippen molar-refractivity contribution in [2.24, 2.45) is 0 Å². The predicted molar refractivity (Wildman–Crippen MR) is 126 cm³/mol. The second-order valence-corrected chi connectivity index (χ2v) is 8.20. The molecule has 0 radical (unpaired) electrons. The summed E-state index contributed by atoms with van der Waals surface area (Å²) in [6, 6.07) is 15.7. The molecule has 0 unspecified atom stereocenters. The van der Waals surface area contributed by atoms with Gasteiger partial charge in [0.15, 0.2) is 5.78 Å². The Labute approximate surface area is 180 Å². The zero-order valence-electron chi connectivity index (χ0n) is 17.9. The zero-order valence-corrected chi connectivity index (χ0v) is 18.7. The maximum atomic E-state index is 12.5. The van der Waals surface area contributed by atoms with Crippen molar-refractivity contribution in [2.45, 2.75) is 63.2 Å². The molecule has 0 amide bonds. The van der Waals surface area contributed by atoms with Gasteiger partial charge in [0.25, 0.3) is 0 Å². The van der Waals surface area contributed by atoms with Gasteiger partial charge in [-0.05, 0) is 48.6 Å². The van der Waals surface area contributed by atoms with Crippen molar-refractivity contribution in [1.82, 2.24) is 0 Å². The number of hydrogen-bond donors (Lipinski definition) is 0.